The van der Waals surface area contributed by atoms with Crippen LogP contribution in [-0.2, 0) is 17.1 Å². The SMILES string of the molecule is CC1CCCN(S(=O)(=O)c2cc(C(=O)N3CCC(c4ncon4)C3)n(C)c2)C1. The van der Waals surface area contributed by atoms with Crippen LogP contribution in [-0.4, -0.2) is 64.4 Å². The predicted molar refractivity (Wildman–Crippen MR) is 100 cm³/mol. The normalized spacial score (nSPS) is 24.0. The van der Waals surface area contributed by atoms with Crippen molar-refractivity contribution in [2.45, 2.75) is 37.0 Å². The van der Waals surface area contributed by atoms with E-state index < -0.39 is 10.0 Å². The number of nitrogens with zero attached hydrogens (tertiary/aromatic N) is 5. The lowest BCUT2D eigenvalue weighted by atomic mass is 10.0. The van der Waals surface area contributed by atoms with E-state index in [0.717, 1.165) is 19.3 Å². The molecule has 0 aromatic carbocycles. The maximum atomic E-state index is 13.0. The molecule has 2 fully saturated rings. The first-order valence-electron chi connectivity index (χ1n) is 9.58. The number of hydrogen-bond acceptors (Lipinski definition) is 6. The fourth-order valence-electron chi connectivity index (χ4n) is 4.08. The zero-order chi connectivity index (χ0) is 19.9. The molecule has 4 heterocycles. The molecule has 2 saturated heterocycles. The highest BCUT2D eigenvalue weighted by molar-refractivity contribution is 7.89. The van der Waals surface area contributed by atoms with Crippen molar-refractivity contribution in [3.8, 4) is 0 Å². The summed E-state index contributed by atoms with van der Waals surface area (Å²) in [5.74, 6) is 0.813. The molecule has 0 spiro atoms. The van der Waals surface area contributed by atoms with E-state index in [4.69, 9.17) is 4.52 Å². The summed E-state index contributed by atoms with van der Waals surface area (Å²) >= 11 is 0. The smallest absolute Gasteiger partial charge is 0.270 e. The van der Waals surface area contributed by atoms with Crippen molar-refractivity contribution in [3.63, 3.8) is 0 Å². The number of aromatic nitrogens is 3. The molecule has 10 heteroatoms. The van der Waals surface area contributed by atoms with Crippen LogP contribution in [0.4, 0.5) is 0 Å². The lowest BCUT2D eigenvalue weighted by Crippen LogP contribution is -2.38. The van der Waals surface area contributed by atoms with Gasteiger partial charge in [-0.2, -0.15) is 9.29 Å². The Morgan fingerprint density at radius 3 is 2.79 bits per heavy atom. The van der Waals surface area contributed by atoms with Crippen molar-refractivity contribution < 1.29 is 17.7 Å². The van der Waals surface area contributed by atoms with Gasteiger partial charge in [-0.25, -0.2) is 8.42 Å². The van der Waals surface area contributed by atoms with Gasteiger partial charge in [-0.1, -0.05) is 12.1 Å². The largest absolute Gasteiger partial charge is 0.345 e. The number of carbonyl (C=O) groups excluding carboxylic acids is 1. The molecule has 2 atom stereocenters. The Hall–Kier alpha value is -2.20. The van der Waals surface area contributed by atoms with Crippen LogP contribution in [0.2, 0.25) is 0 Å². The molecule has 0 radical (unpaired) electrons. The molecule has 0 bridgehead atoms. The van der Waals surface area contributed by atoms with Gasteiger partial charge in [-0.05, 0) is 31.2 Å². The topological polar surface area (TPSA) is 102 Å². The fraction of sp³-hybridized carbons (Fsp3) is 0.611. The molecule has 2 aliphatic heterocycles. The van der Waals surface area contributed by atoms with Crippen molar-refractivity contribution in [3.05, 3.63) is 30.2 Å². The minimum Gasteiger partial charge on any atom is -0.345 e. The van der Waals surface area contributed by atoms with Crippen LogP contribution in [0.15, 0.2) is 28.1 Å². The molecule has 4 rings (SSSR count). The summed E-state index contributed by atoms with van der Waals surface area (Å²) in [6.45, 7) is 4.20. The minimum atomic E-state index is -3.59. The summed E-state index contributed by atoms with van der Waals surface area (Å²) in [4.78, 5) is 19.0. The molecule has 0 N–H and O–H groups in total. The van der Waals surface area contributed by atoms with Gasteiger partial charge in [0.05, 0.1) is 0 Å². The van der Waals surface area contributed by atoms with Gasteiger partial charge in [-0.15, -0.1) is 0 Å². The summed E-state index contributed by atoms with van der Waals surface area (Å²) in [6.07, 6.45) is 5.49. The molecule has 2 aromatic rings. The first-order chi connectivity index (χ1) is 13.4. The zero-order valence-electron chi connectivity index (χ0n) is 16.1. The first kappa shape index (κ1) is 19.1. The molecule has 9 nitrogen and oxygen atoms in total. The maximum absolute atomic E-state index is 13.0. The Balaban J connectivity index is 1.52. The molecule has 28 heavy (non-hydrogen) atoms. The van der Waals surface area contributed by atoms with E-state index in [1.165, 1.54) is 23.0 Å². The highest BCUT2D eigenvalue weighted by atomic mass is 32.2. The third kappa shape index (κ3) is 3.46. The molecule has 152 valence electrons. The van der Waals surface area contributed by atoms with Crippen LogP contribution in [0.3, 0.4) is 0 Å². The predicted octanol–water partition coefficient (Wildman–Crippen LogP) is 1.46. The third-order valence-electron chi connectivity index (χ3n) is 5.68. The zero-order valence-corrected chi connectivity index (χ0v) is 16.9. The van der Waals surface area contributed by atoms with Gasteiger partial charge in [0.25, 0.3) is 5.91 Å². The van der Waals surface area contributed by atoms with Gasteiger partial charge in [0.1, 0.15) is 10.6 Å². The summed E-state index contributed by atoms with van der Waals surface area (Å²) in [5.41, 5.74) is 0.373. The van der Waals surface area contributed by atoms with E-state index in [-0.39, 0.29) is 16.7 Å². The maximum Gasteiger partial charge on any atom is 0.270 e. The van der Waals surface area contributed by atoms with E-state index in [1.54, 1.807) is 16.5 Å². The van der Waals surface area contributed by atoms with E-state index >= 15 is 0 Å². The van der Waals surface area contributed by atoms with E-state index in [2.05, 4.69) is 17.1 Å². The standard InChI is InChI=1S/C18H25N5O4S/c1-13-4-3-6-23(9-13)28(25,26)15-8-16(21(2)11-15)18(24)22-7-5-14(10-22)17-19-12-27-20-17/h8,11-14H,3-7,9-10H2,1-2H3. The van der Waals surface area contributed by atoms with Gasteiger partial charge in [0, 0.05) is 45.3 Å². The van der Waals surface area contributed by atoms with E-state index in [1.807, 2.05) is 0 Å². The summed E-state index contributed by atoms with van der Waals surface area (Å²) in [7, 11) is -1.88. The Morgan fingerprint density at radius 1 is 1.25 bits per heavy atom. The second-order valence-electron chi connectivity index (χ2n) is 7.81. The number of piperidine rings is 1. The van der Waals surface area contributed by atoms with Crippen molar-refractivity contribution in [1.82, 2.24) is 23.9 Å². The van der Waals surface area contributed by atoms with Crippen LogP contribution in [0.25, 0.3) is 0 Å². The molecule has 1 amide bonds. The second kappa shape index (κ2) is 7.32. The average Bonchev–Trinajstić information content (AvgIpc) is 3.41. The number of sulfonamides is 1. The third-order valence-corrected chi connectivity index (χ3v) is 7.51. The quantitative estimate of drug-likeness (QED) is 0.760. The number of hydrogen-bond donors (Lipinski definition) is 0. The van der Waals surface area contributed by atoms with Gasteiger partial charge in [0.2, 0.25) is 16.4 Å². The Bertz CT molecular complexity index is 953. The summed E-state index contributed by atoms with van der Waals surface area (Å²) in [5, 5.41) is 3.86. The van der Waals surface area contributed by atoms with Crippen molar-refractivity contribution in [2.75, 3.05) is 26.2 Å². The highest BCUT2D eigenvalue weighted by Crippen LogP contribution is 2.28. The molecular weight excluding hydrogens is 382 g/mol. The van der Waals surface area contributed by atoms with Crippen molar-refractivity contribution >= 4 is 15.9 Å². The van der Waals surface area contributed by atoms with Crippen molar-refractivity contribution in [2.24, 2.45) is 13.0 Å². The lowest BCUT2D eigenvalue weighted by Gasteiger charge is -2.29. The number of aryl methyl sites for hydroxylation is 1. The molecule has 0 aliphatic carbocycles. The minimum absolute atomic E-state index is 0.0426. The van der Waals surface area contributed by atoms with Crippen molar-refractivity contribution in [1.29, 1.82) is 0 Å². The van der Waals surface area contributed by atoms with Crippen LogP contribution in [0.1, 0.15) is 48.4 Å². The summed E-state index contributed by atoms with van der Waals surface area (Å²) < 4.78 is 33.9. The second-order valence-corrected chi connectivity index (χ2v) is 9.75. The van der Waals surface area contributed by atoms with Gasteiger partial charge in [-0.3, -0.25) is 4.79 Å². The molecule has 2 unspecified atom stereocenters. The van der Waals surface area contributed by atoms with Crippen LogP contribution < -0.4 is 0 Å². The Morgan fingerprint density at radius 2 is 2.07 bits per heavy atom. The number of rotatable bonds is 4. The number of carbonyl (C=O) groups is 1. The number of amides is 1. The van der Waals surface area contributed by atoms with Crippen LogP contribution in [0, 0.1) is 5.92 Å². The molecular formula is C18H25N5O4S. The average molecular weight is 407 g/mol. The highest BCUT2D eigenvalue weighted by Gasteiger charge is 2.34. The fourth-order valence-corrected chi connectivity index (χ4v) is 5.75. The first-order valence-corrected chi connectivity index (χ1v) is 11.0. The van der Waals surface area contributed by atoms with Crippen LogP contribution in [0.5, 0.6) is 0 Å². The monoisotopic (exact) mass is 407 g/mol. The van der Waals surface area contributed by atoms with Gasteiger partial charge in [0.15, 0.2) is 5.82 Å². The van der Waals surface area contributed by atoms with E-state index in [9.17, 15) is 13.2 Å². The number of likely N-dealkylation sites (tertiary alicyclic amines) is 1. The Labute approximate surface area is 164 Å². The lowest BCUT2D eigenvalue weighted by molar-refractivity contribution is 0.0781. The Kier molecular flexibility index (Phi) is 5.00. The van der Waals surface area contributed by atoms with Crippen LogP contribution >= 0.6 is 0 Å². The van der Waals surface area contributed by atoms with Gasteiger partial charge < -0.3 is 14.0 Å². The molecule has 2 aliphatic rings. The summed E-state index contributed by atoms with van der Waals surface area (Å²) in [6, 6.07) is 1.50. The van der Waals surface area contributed by atoms with E-state index in [0.29, 0.717) is 43.6 Å². The van der Waals surface area contributed by atoms with Gasteiger partial charge >= 0.3 is 0 Å². The molecule has 2 aromatic heterocycles. The molecule has 0 saturated carbocycles.